The molecule has 0 aromatic heterocycles. The van der Waals surface area contributed by atoms with Crippen LogP contribution in [0.2, 0.25) is 0 Å². The minimum absolute atomic E-state index is 0.0657. The number of hydrogen-bond acceptors (Lipinski definition) is 6. The molecule has 1 aliphatic heterocycles. The molecule has 0 radical (unpaired) electrons. The van der Waals surface area contributed by atoms with E-state index in [2.05, 4.69) is 17.0 Å². The SMILES string of the molecule is Cc1cc(C(=O)O[C@@H](C)C(=O)N2CCN(Cc3ccccc3)CC2)ccc1[N+](=O)[O-]. The zero-order valence-corrected chi connectivity index (χ0v) is 17.1. The Bertz CT molecular complexity index is 924. The van der Waals surface area contributed by atoms with E-state index in [4.69, 9.17) is 4.74 Å². The Hall–Kier alpha value is -3.26. The molecule has 2 aromatic carbocycles. The van der Waals surface area contributed by atoms with Gasteiger partial charge in [-0.1, -0.05) is 30.3 Å². The number of esters is 1. The summed E-state index contributed by atoms with van der Waals surface area (Å²) in [4.78, 5) is 39.4. The third-order valence-corrected chi connectivity index (χ3v) is 5.19. The van der Waals surface area contributed by atoms with Gasteiger partial charge < -0.3 is 9.64 Å². The quantitative estimate of drug-likeness (QED) is 0.412. The fourth-order valence-corrected chi connectivity index (χ4v) is 3.49. The van der Waals surface area contributed by atoms with Crippen LogP contribution in [0.15, 0.2) is 48.5 Å². The first-order chi connectivity index (χ1) is 14.3. The standard InChI is InChI=1S/C22H25N3O5/c1-16-14-19(8-9-20(16)25(28)29)22(27)30-17(2)21(26)24-12-10-23(11-13-24)15-18-6-4-3-5-7-18/h3-9,14,17H,10-13,15H2,1-2H3/t17-/m0/s1. The predicted molar refractivity (Wildman–Crippen MR) is 111 cm³/mol. The minimum atomic E-state index is -0.923. The molecule has 1 heterocycles. The van der Waals surface area contributed by atoms with Crippen molar-refractivity contribution in [1.29, 1.82) is 0 Å². The van der Waals surface area contributed by atoms with Gasteiger partial charge in [0.15, 0.2) is 6.10 Å². The van der Waals surface area contributed by atoms with E-state index in [1.807, 2.05) is 18.2 Å². The number of ether oxygens (including phenoxy) is 1. The Morgan fingerprint density at radius 2 is 1.77 bits per heavy atom. The topological polar surface area (TPSA) is 93.0 Å². The van der Waals surface area contributed by atoms with Crippen LogP contribution in [0.25, 0.3) is 0 Å². The second-order valence-corrected chi connectivity index (χ2v) is 7.39. The molecular formula is C22H25N3O5. The van der Waals surface area contributed by atoms with Crippen LogP contribution in [0.3, 0.4) is 0 Å². The Kier molecular flexibility index (Phi) is 6.79. The van der Waals surface area contributed by atoms with Gasteiger partial charge in [-0.05, 0) is 31.5 Å². The molecule has 8 heteroatoms. The van der Waals surface area contributed by atoms with Crippen molar-refractivity contribution in [2.75, 3.05) is 26.2 Å². The number of benzene rings is 2. The van der Waals surface area contributed by atoms with Gasteiger partial charge in [-0.15, -0.1) is 0 Å². The number of aryl methyl sites for hydroxylation is 1. The monoisotopic (exact) mass is 411 g/mol. The van der Waals surface area contributed by atoms with E-state index in [9.17, 15) is 19.7 Å². The van der Waals surface area contributed by atoms with Gasteiger partial charge in [0.1, 0.15) is 0 Å². The number of nitrogens with zero attached hydrogens (tertiary/aromatic N) is 3. The number of hydrogen-bond donors (Lipinski definition) is 0. The van der Waals surface area contributed by atoms with Gasteiger partial charge in [-0.25, -0.2) is 4.79 Å². The highest BCUT2D eigenvalue weighted by Gasteiger charge is 2.28. The Balaban J connectivity index is 1.51. The second-order valence-electron chi connectivity index (χ2n) is 7.39. The summed E-state index contributed by atoms with van der Waals surface area (Å²) in [6, 6.07) is 14.2. The first kappa shape index (κ1) is 21.4. The van der Waals surface area contributed by atoms with Crippen molar-refractivity contribution in [3.63, 3.8) is 0 Å². The third kappa shape index (κ3) is 5.21. The van der Waals surface area contributed by atoms with Gasteiger partial charge in [0.25, 0.3) is 11.6 Å². The first-order valence-electron chi connectivity index (χ1n) is 9.86. The number of amides is 1. The molecule has 8 nitrogen and oxygen atoms in total. The molecule has 3 rings (SSSR count). The van der Waals surface area contributed by atoms with Crippen molar-refractivity contribution < 1.29 is 19.2 Å². The molecule has 0 spiro atoms. The van der Waals surface area contributed by atoms with E-state index in [0.29, 0.717) is 18.7 Å². The highest BCUT2D eigenvalue weighted by atomic mass is 16.6. The van der Waals surface area contributed by atoms with Gasteiger partial charge >= 0.3 is 5.97 Å². The van der Waals surface area contributed by atoms with Crippen molar-refractivity contribution in [3.05, 3.63) is 75.3 Å². The molecule has 1 amide bonds. The third-order valence-electron chi connectivity index (χ3n) is 5.19. The van der Waals surface area contributed by atoms with Crippen LogP contribution >= 0.6 is 0 Å². The molecule has 1 fully saturated rings. The van der Waals surface area contributed by atoms with Crippen LogP contribution < -0.4 is 0 Å². The number of carbonyl (C=O) groups is 2. The number of nitro benzene ring substituents is 1. The highest BCUT2D eigenvalue weighted by Crippen LogP contribution is 2.20. The molecular weight excluding hydrogens is 386 g/mol. The Labute approximate surface area is 175 Å². The maximum absolute atomic E-state index is 12.7. The van der Waals surface area contributed by atoms with Gasteiger partial charge in [0.05, 0.1) is 10.5 Å². The molecule has 158 valence electrons. The summed E-state index contributed by atoms with van der Waals surface area (Å²) in [6.07, 6.45) is -0.923. The van der Waals surface area contributed by atoms with Crippen molar-refractivity contribution in [3.8, 4) is 0 Å². The molecule has 0 unspecified atom stereocenters. The van der Waals surface area contributed by atoms with E-state index in [1.165, 1.54) is 23.8 Å². The van der Waals surface area contributed by atoms with E-state index >= 15 is 0 Å². The zero-order valence-electron chi connectivity index (χ0n) is 17.1. The molecule has 1 atom stereocenters. The fraction of sp³-hybridized carbons (Fsp3) is 0.364. The summed E-state index contributed by atoms with van der Waals surface area (Å²) in [5.74, 6) is -0.905. The molecule has 1 aliphatic rings. The van der Waals surface area contributed by atoms with E-state index in [0.717, 1.165) is 19.6 Å². The summed E-state index contributed by atoms with van der Waals surface area (Å²) in [6.45, 7) is 6.60. The summed E-state index contributed by atoms with van der Waals surface area (Å²) < 4.78 is 5.32. The maximum atomic E-state index is 12.7. The molecule has 1 saturated heterocycles. The number of nitro groups is 1. The smallest absolute Gasteiger partial charge is 0.338 e. The van der Waals surface area contributed by atoms with Gasteiger partial charge in [-0.3, -0.25) is 19.8 Å². The van der Waals surface area contributed by atoms with Gasteiger partial charge in [0.2, 0.25) is 0 Å². The summed E-state index contributed by atoms with van der Waals surface area (Å²) in [7, 11) is 0. The highest BCUT2D eigenvalue weighted by molar-refractivity contribution is 5.92. The molecule has 0 N–H and O–H groups in total. The molecule has 0 saturated carbocycles. The van der Waals surface area contributed by atoms with Crippen LogP contribution in [0.5, 0.6) is 0 Å². The zero-order chi connectivity index (χ0) is 21.7. The lowest BCUT2D eigenvalue weighted by Crippen LogP contribution is -2.51. The van der Waals surface area contributed by atoms with E-state index < -0.39 is 17.0 Å². The largest absolute Gasteiger partial charge is 0.449 e. The minimum Gasteiger partial charge on any atom is -0.449 e. The Morgan fingerprint density at radius 3 is 2.37 bits per heavy atom. The van der Waals surface area contributed by atoms with Crippen molar-refractivity contribution in [2.24, 2.45) is 0 Å². The predicted octanol–water partition coefficient (Wildman–Crippen LogP) is 2.79. The number of piperazine rings is 1. The second kappa shape index (κ2) is 9.49. The molecule has 2 aromatic rings. The number of carbonyl (C=O) groups excluding carboxylic acids is 2. The molecule has 0 bridgehead atoms. The summed E-state index contributed by atoms with van der Waals surface area (Å²) >= 11 is 0. The summed E-state index contributed by atoms with van der Waals surface area (Å²) in [5.41, 5.74) is 1.72. The van der Waals surface area contributed by atoms with E-state index in [-0.39, 0.29) is 17.2 Å². The lowest BCUT2D eigenvalue weighted by Gasteiger charge is -2.35. The normalized spacial score (nSPS) is 15.5. The van der Waals surface area contributed by atoms with Gasteiger partial charge in [-0.2, -0.15) is 0 Å². The fourth-order valence-electron chi connectivity index (χ4n) is 3.49. The molecule has 30 heavy (non-hydrogen) atoms. The van der Waals surface area contributed by atoms with Crippen LogP contribution in [-0.2, 0) is 16.1 Å². The van der Waals surface area contributed by atoms with Crippen LogP contribution in [0, 0.1) is 17.0 Å². The van der Waals surface area contributed by atoms with Crippen LogP contribution in [0.1, 0.15) is 28.4 Å². The lowest BCUT2D eigenvalue weighted by atomic mass is 10.1. The van der Waals surface area contributed by atoms with E-state index in [1.54, 1.807) is 18.7 Å². The lowest BCUT2D eigenvalue weighted by molar-refractivity contribution is -0.385. The average Bonchev–Trinajstić information content (AvgIpc) is 2.74. The van der Waals surface area contributed by atoms with Crippen LogP contribution in [-0.4, -0.2) is 58.9 Å². The average molecular weight is 411 g/mol. The van der Waals surface area contributed by atoms with Gasteiger partial charge in [0, 0.05) is 44.4 Å². The first-order valence-corrected chi connectivity index (χ1v) is 9.86. The van der Waals surface area contributed by atoms with Crippen molar-refractivity contribution in [2.45, 2.75) is 26.5 Å². The Morgan fingerprint density at radius 1 is 1.10 bits per heavy atom. The van der Waals surface area contributed by atoms with Crippen LogP contribution in [0.4, 0.5) is 5.69 Å². The van der Waals surface area contributed by atoms with Crippen molar-refractivity contribution in [1.82, 2.24) is 9.80 Å². The summed E-state index contributed by atoms with van der Waals surface area (Å²) in [5, 5.41) is 10.9. The maximum Gasteiger partial charge on any atom is 0.338 e. The number of rotatable bonds is 6. The molecule has 0 aliphatic carbocycles. The van der Waals surface area contributed by atoms with Crippen molar-refractivity contribution >= 4 is 17.6 Å².